The summed E-state index contributed by atoms with van der Waals surface area (Å²) in [7, 11) is 1.76. The zero-order valence-electron chi connectivity index (χ0n) is 23.1. The highest BCUT2D eigenvalue weighted by Crippen LogP contribution is 2.32. The van der Waals surface area contributed by atoms with Crippen molar-refractivity contribution >= 4 is 11.6 Å². The fourth-order valence-electron chi connectivity index (χ4n) is 6.70. The smallest absolute Gasteiger partial charge is 0.222 e. The van der Waals surface area contributed by atoms with Gasteiger partial charge in [0.2, 0.25) is 5.91 Å². The predicted octanol–water partition coefficient (Wildman–Crippen LogP) is 4.29. The number of anilines is 1. The van der Waals surface area contributed by atoms with E-state index in [1.807, 2.05) is 18.3 Å². The summed E-state index contributed by atoms with van der Waals surface area (Å²) in [5.41, 5.74) is 2.33. The topological polar surface area (TPSA) is 52.2 Å². The molecule has 0 radical (unpaired) electrons. The van der Waals surface area contributed by atoms with Crippen molar-refractivity contribution in [3.63, 3.8) is 0 Å². The van der Waals surface area contributed by atoms with E-state index in [0.717, 1.165) is 96.0 Å². The zero-order chi connectivity index (χ0) is 26.2. The van der Waals surface area contributed by atoms with E-state index >= 15 is 0 Å². The third-order valence-corrected chi connectivity index (χ3v) is 8.79. The van der Waals surface area contributed by atoms with Crippen LogP contribution in [0.2, 0.25) is 0 Å². The standard InChI is InChI=1S/C31H45N5O2/c1-38-30-12-5-4-11-29(30)35-22-20-34(21-23-35)28-15-19-33(25-27-10-6-7-16-32-27)24-26(28)13-14-31(37)36-17-8-2-3-9-18-36/h4-7,10-12,16,26,28H,2-3,8-9,13-15,17-25H2,1H3/t26-,28+/m0/s1. The normalized spacial score (nSPS) is 23.7. The summed E-state index contributed by atoms with van der Waals surface area (Å²) in [6.07, 6.45) is 9.55. The number of hydrogen-bond donors (Lipinski definition) is 0. The summed E-state index contributed by atoms with van der Waals surface area (Å²) in [5, 5.41) is 0. The third kappa shape index (κ3) is 6.86. The number of likely N-dealkylation sites (tertiary alicyclic amines) is 2. The van der Waals surface area contributed by atoms with Crippen molar-refractivity contribution in [1.82, 2.24) is 19.7 Å². The fourth-order valence-corrected chi connectivity index (χ4v) is 6.70. The van der Waals surface area contributed by atoms with E-state index in [9.17, 15) is 4.79 Å². The Morgan fingerprint density at radius 2 is 1.68 bits per heavy atom. The molecule has 0 saturated carbocycles. The molecule has 2 aromatic rings. The van der Waals surface area contributed by atoms with Crippen molar-refractivity contribution < 1.29 is 9.53 Å². The molecule has 38 heavy (non-hydrogen) atoms. The molecular formula is C31H45N5O2. The Morgan fingerprint density at radius 1 is 0.921 bits per heavy atom. The summed E-state index contributed by atoms with van der Waals surface area (Å²) in [4.78, 5) is 27.6. The molecule has 1 aromatic heterocycles. The number of aromatic nitrogens is 1. The van der Waals surface area contributed by atoms with Gasteiger partial charge in [-0.05, 0) is 55.9 Å². The Kier molecular flexibility index (Phi) is 9.52. The first-order valence-electron chi connectivity index (χ1n) is 14.7. The van der Waals surface area contributed by atoms with E-state index in [1.165, 1.54) is 18.5 Å². The molecule has 7 heteroatoms. The molecule has 1 amide bonds. The van der Waals surface area contributed by atoms with Gasteiger partial charge in [-0.15, -0.1) is 0 Å². The van der Waals surface area contributed by atoms with Gasteiger partial charge < -0.3 is 14.5 Å². The van der Waals surface area contributed by atoms with Gasteiger partial charge in [0, 0.05) is 77.6 Å². The molecule has 7 nitrogen and oxygen atoms in total. The lowest BCUT2D eigenvalue weighted by Gasteiger charge is -2.47. The molecular weight excluding hydrogens is 474 g/mol. The van der Waals surface area contributed by atoms with Crippen molar-refractivity contribution in [3.8, 4) is 5.75 Å². The quantitative estimate of drug-likeness (QED) is 0.519. The number of piperazine rings is 1. The average molecular weight is 520 g/mol. The van der Waals surface area contributed by atoms with Crippen LogP contribution in [0.3, 0.4) is 0 Å². The largest absolute Gasteiger partial charge is 0.495 e. The highest BCUT2D eigenvalue weighted by Gasteiger charge is 2.35. The van der Waals surface area contributed by atoms with Gasteiger partial charge in [-0.1, -0.05) is 31.0 Å². The molecule has 0 bridgehead atoms. The van der Waals surface area contributed by atoms with Crippen molar-refractivity contribution in [2.45, 2.75) is 57.5 Å². The Hall–Kier alpha value is -2.64. The minimum Gasteiger partial charge on any atom is -0.495 e. The van der Waals surface area contributed by atoms with Crippen LogP contribution in [0, 0.1) is 5.92 Å². The molecule has 3 aliphatic heterocycles. The lowest BCUT2D eigenvalue weighted by atomic mass is 9.86. The Labute approximate surface area is 228 Å². The maximum Gasteiger partial charge on any atom is 0.222 e. The average Bonchev–Trinajstić information content (AvgIpc) is 3.27. The number of piperidine rings is 1. The SMILES string of the molecule is COc1ccccc1N1CCN([C@@H]2CCN(Cc3ccccn3)C[C@@H]2CCC(=O)N2CCCCCC2)CC1. The molecule has 206 valence electrons. The molecule has 1 aromatic carbocycles. The van der Waals surface area contributed by atoms with Crippen LogP contribution in [-0.4, -0.2) is 91.1 Å². The molecule has 2 atom stereocenters. The van der Waals surface area contributed by atoms with Crippen molar-refractivity contribution in [3.05, 3.63) is 54.4 Å². The number of rotatable bonds is 8. The van der Waals surface area contributed by atoms with Crippen LogP contribution in [0.25, 0.3) is 0 Å². The second kappa shape index (κ2) is 13.4. The number of nitrogens with zero attached hydrogens (tertiary/aromatic N) is 5. The number of benzene rings is 1. The molecule has 0 spiro atoms. The van der Waals surface area contributed by atoms with Crippen LogP contribution in [0.4, 0.5) is 5.69 Å². The van der Waals surface area contributed by atoms with Gasteiger partial charge in [-0.2, -0.15) is 0 Å². The number of carbonyl (C=O) groups excluding carboxylic acids is 1. The summed E-state index contributed by atoms with van der Waals surface area (Å²) >= 11 is 0. The summed E-state index contributed by atoms with van der Waals surface area (Å²) in [5.74, 6) is 1.82. The maximum atomic E-state index is 13.2. The molecule has 3 aliphatic rings. The lowest BCUT2D eigenvalue weighted by Crippen LogP contribution is -2.56. The van der Waals surface area contributed by atoms with E-state index in [0.29, 0.717) is 24.3 Å². The molecule has 0 aliphatic carbocycles. The number of ether oxygens (including phenoxy) is 1. The first-order chi connectivity index (χ1) is 18.7. The number of para-hydroxylation sites is 2. The number of carbonyl (C=O) groups is 1. The predicted molar refractivity (Wildman–Crippen MR) is 152 cm³/mol. The highest BCUT2D eigenvalue weighted by molar-refractivity contribution is 5.76. The van der Waals surface area contributed by atoms with E-state index < -0.39 is 0 Å². The van der Waals surface area contributed by atoms with E-state index in [4.69, 9.17) is 4.74 Å². The number of hydrogen-bond acceptors (Lipinski definition) is 6. The summed E-state index contributed by atoms with van der Waals surface area (Å²) in [6, 6.07) is 15.1. The summed E-state index contributed by atoms with van der Waals surface area (Å²) in [6.45, 7) is 9.05. The lowest BCUT2D eigenvalue weighted by molar-refractivity contribution is -0.131. The molecule has 0 unspecified atom stereocenters. The van der Waals surface area contributed by atoms with Crippen LogP contribution in [0.5, 0.6) is 5.75 Å². The van der Waals surface area contributed by atoms with E-state index in [-0.39, 0.29) is 0 Å². The van der Waals surface area contributed by atoms with E-state index in [1.54, 1.807) is 7.11 Å². The molecule has 3 fully saturated rings. The second-order valence-corrected chi connectivity index (χ2v) is 11.2. The van der Waals surface area contributed by atoms with Crippen LogP contribution in [0.15, 0.2) is 48.7 Å². The van der Waals surface area contributed by atoms with E-state index in [2.05, 4.69) is 54.9 Å². The summed E-state index contributed by atoms with van der Waals surface area (Å²) < 4.78 is 5.63. The first kappa shape index (κ1) is 26.9. The Bertz CT molecular complexity index is 1000. The van der Waals surface area contributed by atoms with Gasteiger partial charge in [0.25, 0.3) is 0 Å². The van der Waals surface area contributed by atoms with Gasteiger partial charge in [-0.3, -0.25) is 19.6 Å². The minimum absolute atomic E-state index is 0.369. The molecule has 5 rings (SSSR count). The van der Waals surface area contributed by atoms with Crippen LogP contribution in [-0.2, 0) is 11.3 Å². The third-order valence-electron chi connectivity index (χ3n) is 8.79. The van der Waals surface area contributed by atoms with Gasteiger partial charge >= 0.3 is 0 Å². The van der Waals surface area contributed by atoms with Crippen molar-refractivity contribution in [2.24, 2.45) is 5.92 Å². The van der Waals surface area contributed by atoms with Gasteiger partial charge in [0.1, 0.15) is 5.75 Å². The first-order valence-corrected chi connectivity index (χ1v) is 14.7. The van der Waals surface area contributed by atoms with Crippen LogP contribution in [0.1, 0.15) is 50.6 Å². The zero-order valence-corrected chi connectivity index (χ0v) is 23.1. The maximum absolute atomic E-state index is 13.2. The van der Waals surface area contributed by atoms with Gasteiger partial charge in [0.15, 0.2) is 0 Å². The number of amides is 1. The highest BCUT2D eigenvalue weighted by atomic mass is 16.5. The molecule has 3 saturated heterocycles. The number of pyridine rings is 1. The number of methoxy groups -OCH3 is 1. The van der Waals surface area contributed by atoms with Crippen molar-refractivity contribution in [2.75, 3.05) is 64.4 Å². The van der Waals surface area contributed by atoms with Crippen molar-refractivity contribution in [1.29, 1.82) is 0 Å². The Balaban J connectivity index is 1.22. The van der Waals surface area contributed by atoms with Crippen LogP contribution < -0.4 is 9.64 Å². The molecule has 4 heterocycles. The molecule has 0 N–H and O–H groups in total. The second-order valence-electron chi connectivity index (χ2n) is 11.2. The Morgan fingerprint density at radius 3 is 2.42 bits per heavy atom. The fraction of sp³-hybridized carbons (Fsp3) is 0.613. The monoisotopic (exact) mass is 519 g/mol. The van der Waals surface area contributed by atoms with Crippen LogP contribution >= 0.6 is 0 Å². The minimum atomic E-state index is 0.369. The van der Waals surface area contributed by atoms with Gasteiger partial charge in [-0.25, -0.2) is 0 Å². The van der Waals surface area contributed by atoms with Gasteiger partial charge in [0.05, 0.1) is 18.5 Å².